The Hall–Kier alpha value is -1.72. The Morgan fingerprint density at radius 2 is 1.80 bits per heavy atom. The van der Waals surface area contributed by atoms with Crippen LogP contribution in [0.25, 0.3) is 11.2 Å². The molecule has 0 amide bonds. The van der Waals surface area contributed by atoms with Crippen molar-refractivity contribution in [2.75, 3.05) is 0 Å². The molecule has 0 aliphatic carbocycles. The van der Waals surface area contributed by atoms with Crippen LogP contribution in [-0.2, 0) is 13.0 Å². The highest BCUT2D eigenvalue weighted by molar-refractivity contribution is 5.66. The normalized spacial score (nSPS) is 11.3. The molecule has 6 heteroatoms. The summed E-state index contributed by atoms with van der Waals surface area (Å²) in [5.74, 6) is 0.921. The van der Waals surface area contributed by atoms with Gasteiger partial charge >= 0.3 is 0 Å². The second-order valence-electron chi connectivity index (χ2n) is 5.15. The van der Waals surface area contributed by atoms with Crippen molar-refractivity contribution < 1.29 is 0 Å². The molecule has 0 bridgehead atoms. The molecule has 0 saturated heterocycles. The second-order valence-corrected chi connectivity index (χ2v) is 5.15. The van der Waals surface area contributed by atoms with E-state index in [1.54, 1.807) is 0 Å². The van der Waals surface area contributed by atoms with Crippen LogP contribution in [0.5, 0.6) is 0 Å². The summed E-state index contributed by atoms with van der Waals surface area (Å²) in [4.78, 5) is 4.48. The predicted octanol–water partition coefficient (Wildman–Crippen LogP) is 2.56. The number of H-pyrrole nitrogens is 1. The summed E-state index contributed by atoms with van der Waals surface area (Å²) in [6.45, 7) is 5.14. The molecule has 2 rings (SSSR count). The Bertz CT molecular complexity index is 597. The second kappa shape index (κ2) is 7.17. The molecule has 0 atom stereocenters. The fourth-order valence-corrected chi connectivity index (χ4v) is 2.46. The molecule has 0 aromatic carbocycles. The van der Waals surface area contributed by atoms with Crippen molar-refractivity contribution in [1.82, 2.24) is 25.0 Å². The van der Waals surface area contributed by atoms with E-state index in [0.29, 0.717) is 16.7 Å². The van der Waals surface area contributed by atoms with Crippen molar-refractivity contribution in [3.63, 3.8) is 0 Å². The highest BCUT2D eigenvalue weighted by Gasteiger charge is 2.10. The van der Waals surface area contributed by atoms with E-state index >= 15 is 0 Å². The molecule has 0 aliphatic rings. The zero-order chi connectivity index (χ0) is 14.4. The van der Waals surface area contributed by atoms with Gasteiger partial charge in [-0.05, 0) is 6.42 Å². The summed E-state index contributed by atoms with van der Waals surface area (Å²) in [5.41, 5.74) is 1.54. The molecule has 0 spiro atoms. The molecule has 2 heterocycles. The molecule has 0 unspecified atom stereocenters. The summed E-state index contributed by atoms with van der Waals surface area (Å²) in [5, 5.41) is 18.8. The monoisotopic (exact) mass is 276 g/mol. The number of aryl methyl sites for hydroxylation is 1. The number of nitrogens with zero attached hydrogens (tertiary/aromatic N) is 4. The van der Waals surface area contributed by atoms with E-state index in [0.717, 1.165) is 25.2 Å². The van der Waals surface area contributed by atoms with Crippen molar-refractivity contribution in [2.45, 2.75) is 65.3 Å². The van der Waals surface area contributed by atoms with Crippen molar-refractivity contribution >= 4 is 11.2 Å². The number of unbranched alkanes of at least 4 members (excludes halogenated alkanes) is 5. The molecular formula is C14H24N6. The lowest BCUT2D eigenvalue weighted by atomic mass is 10.1. The van der Waals surface area contributed by atoms with Crippen LogP contribution in [0.2, 0.25) is 0 Å². The molecule has 6 nitrogen and oxygen atoms in total. The lowest BCUT2D eigenvalue weighted by Gasteiger charge is -2.11. The first-order valence-corrected chi connectivity index (χ1v) is 7.62. The van der Waals surface area contributed by atoms with E-state index in [1.165, 1.54) is 32.1 Å². The number of rotatable bonds is 8. The van der Waals surface area contributed by atoms with Gasteiger partial charge in [-0.15, -0.1) is 5.10 Å². The SMILES string of the molecule is CCCCCCCCn1c(CC)nc2n[nH]nc2c1=N. The Morgan fingerprint density at radius 3 is 2.55 bits per heavy atom. The first-order valence-electron chi connectivity index (χ1n) is 7.62. The van der Waals surface area contributed by atoms with Gasteiger partial charge in [0.05, 0.1) is 0 Å². The van der Waals surface area contributed by atoms with E-state index in [2.05, 4.69) is 34.2 Å². The van der Waals surface area contributed by atoms with Gasteiger partial charge in [0, 0.05) is 13.0 Å². The molecule has 0 radical (unpaired) electrons. The van der Waals surface area contributed by atoms with Gasteiger partial charge in [-0.1, -0.05) is 46.0 Å². The lowest BCUT2D eigenvalue weighted by Crippen LogP contribution is -2.25. The van der Waals surface area contributed by atoms with Crippen LogP contribution in [0.4, 0.5) is 0 Å². The fraction of sp³-hybridized carbons (Fsp3) is 0.714. The van der Waals surface area contributed by atoms with Crippen LogP contribution < -0.4 is 5.49 Å². The zero-order valence-electron chi connectivity index (χ0n) is 12.4. The first kappa shape index (κ1) is 14.7. The summed E-state index contributed by atoms with van der Waals surface area (Å²) in [7, 11) is 0. The Morgan fingerprint density at radius 1 is 1.05 bits per heavy atom. The quantitative estimate of drug-likeness (QED) is 0.727. The fourth-order valence-electron chi connectivity index (χ4n) is 2.46. The van der Waals surface area contributed by atoms with Gasteiger partial charge in [0.2, 0.25) is 5.65 Å². The number of aromatic amines is 1. The largest absolute Gasteiger partial charge is 0.313 e. The molecule has 0 aliphatic heterocycles. The standard InChI is InChI=1S/C14H24N6/c1-3-5-6-7-8-9-10-20-11(4-2)16-14-12(13(20)15)17-19-18-14/h15H,3-10H2,1-2H3,(H,17,18,19). The third-order valence-electron chi connectivity index (χ3n) is 3.62. The minimum atomic E-state index is 0.425. The predicted molar refractivity (Wildman–Crippen MR) is 78.3 cm³/mol. The maximum atomic E-state index is 8.25. The average Bonchev–Trinajstić information content (AvgIpc) is 2.93. The summed E-state index contributed by atoms with van der Waals surface area (Å²) in [6.07, 6.45) is 8.32. The third kappa shape index (κ3) is 3.23. The number of hydrogen-bond acceptors (Lipinski definition) is 4. The van der Waals surface area contributed by atoms with Crippen molar-refractivity contribution in [3.05, 3.63) is 11.3 Å². The molecule has 110 valence electrons. The van der Waals surface area contributed by atoms with Crippen LogP contribution in [0.15, 0.2) is 0 Å². The Balaban J connectivity index is 2.04. The smallest absolute Gasteiger partial charge is 0.207 e. The van der Waals surface area contributed by atoms with E-state index < -0.39 is 0 Å². The zero-order valence-corrected chi connectivity index (χ0v) is 12.4. The van der Waals surface area contributed by atoms with E-state index in [-0.39, 0.29) is 0 Å². The minimum Gasteiger partial charge on any atom is -0.313 e. The van der Waals surface area contributed by atoms with E-state index in [9.17, 15) is 0 Å². The van der Waals surface area contributed by atoms with Gasteiger partial charge in [-0.25, -0.2) is 4.98 Å². The lowest BCUT2D eigenvalue weighted by molar-refractivity contribution is 0.527. The maximum Gasteiger partial charge on any atom is 0.207 e. The number of nitrogens with one attached hydrogen (secondary N) is 2. The molecule has 2 N–H and O–H groups in total. The van der Waals surface area contributed by atoms with E-state index in [4.69, 9.17) is 5.41 Å². The van der Waals surface area contributed by atoms with Crippen molar-refractivity contribution in [1.29, 1.82) is 5.41 Å². The molecular weight excluding hydrogens is 252 g/mol. The van der Waals surface area contributed by atoms with Gasteiger partial charge in [-0.2, -0.15) is 10.3 Å². The van der Waals surface area contributed by atoms with E-state index in [1.807, 2.05) is 4.57 Å². The number of fused-ring (bicyclic) bond motifs is 1. The van der Waals surface area contributed by atoms with Gasteiger partial charge in [0.15, 0.2) is 11.0 Å². The van der Waals surface area contributed by atoms with Crippen LogP contribution in [-0.4, -0.2) is 25.0 Å². The number of aromatic nitrogens is 5. The molecule has 2 aromatic heterocycles. The Kier molecular flexibility index (Phi) is 5.26. The van der Waals surface area contributed by atoms with Gasteiger partial charge in [0.25, 0.3) is 0 Å². The molecule has 0 fully saturated rings. The highest BCUT2D eigenvalue weighted by atomic mass is 15.3. The van der Waals surface area contributed by atoms with Gasteiger partial charge in [-0.3, -0.25) is 5.41 Å². The summed E-state index contributed by atoms with van der Waals surface area (Å²) < 4.78 is 1.98. The van der Waals surface area contributed by atoms with Crippen LogP contribution >= 0.6 is 0 Å². The third-order valence-corrected chi connectivity index (χ3v) is 3.62. The summed E-state index contributed by atoms with van der Waals surface area (Å²) in [6, 6.07) is 0. The molecule has 0 saturated carbocycles. The van der Waals surface area contributed by atoms with Crippen LogP contribution in [0.3, 0.4) is 0 Å². The van der Waals surface area contributed by atoms with Crippen LogP contribution in [0, 0.1) is 5.41 Å². The van der Waals surface area contributed by atoms with Crippen molar-refractivity contribution in [3.8, 4) is 0 Å². The minimum absolute atomic E-state index is 0.425. The average molecular weight is 276 g/mol. The maximum absolute atomic E-state index is 8.25. The summed E-state index contributed by atoms with van der Waals surface area (Å²) >= 11 is 0. The topological polar surface area (TPSA) is 83.2 Å². The van der Waals surface area contributed by atoms with Gasteiger partial charge in [0.1, 0.15) is 5.82 Å². The first-order chi connectivity index (χ1) is 9.77. The molecule has 2 aromatic rings. The Labute approximate surface area is 119 Å². The van der Waals surface area contributed by atoms with Gasteiger partial charge < -0.3 is 4.57 Å². The number of hydrogen-bond donors (Lipinski definition) is 2. The van der Waals surface area contributed by atoms with Crippen molar-refractivity contribution in [2.24, 2.45) is 0 Å². The molecule has 20 heavy (non-hydrogen) atoms. The highest BCUT2D eigenvalue weighted by Crippen LogP contribution is 2.08. The van der Waals surface area contributed by atoms with Crippen LogP contribution in [0.1, 0.15) is 58.2 Å².